The summed E-state index contributed by atoms with van der Waals surface area (Å²) in [5.74, 6) is -0.830. The van der Waals surface area contributed by atoms with Crippen LogP contribution in [0.3, 0.4) is 0 Å². The number of rotatable bonds is 5. The molecule has 140 valence electrons. The summed E-state index contributed by atoms with van der Waals surface area (Å²) in [4.78, 5) is 26.1. The first-order chi connectivity index (χ1) is 12.3. The Labute approximate surface area is 152 Å². The predicted octanol–water partition coefficient (Wildman–Crippen LogP) is -0.277. The van der Waals surface area contributed by atoms with Gasteiger partial charge in [-0.2, -0.15) is 0 Å². The second kappa shape index (κ2) is 7.56. The van der Waals surface area contributed by atoms with Crippen molar-refractivity contribution in [3.8, 4) is 0 Å². The molecule has 2 amide bonds. The van der Waals surface area contributed by atoms with Gasteiger partial charge in [-0.1, -0.05) is 17.7 Å². The molecule has 1 atom stereocenters. The number of benzene rings is 1. The van der Waals surface area contributed by atoms with E-state index >= 15 is 0 Å². The SMILES string of the molecule is NS(=O)(=O)c1cccc(N2CC(C(=O)NCC3=CCNCC3)CC2=O)c1. The Hall–Kier alpha value is -2.23. The number of carbonyl (C=O) groups excluding carboxylic acids is 2. The topological polar surface area (TPSA) is 122 Å². The summed E-state index contributed by atoms with van der Waals surface area (Å²) in [7, 11) is -3.85. The van der Waals surface area contributed by atoms with E-state index in [2.05, 4.69) is 16.7 Å². The Morgan fingerprint density at radius 2 is 2.19 bits per heavy atom. The molecule has 2 aliphatic heterocycles. The summed E-state index contributed by atoms with van der Waals surface area (Å²) < 4.78 is 23.0. The van der Waals surface area contributed by atoms with E-state index in [1.165, 1.54) is 28.7 Å². The molecule has 4 N–H and O–H groups in total. The highest BCUT2D eigenvalue weighted by atomic mass is 32.2. The predicted molar refractivity (Wildman–Crippen MR) is 96.9 cm³/mol. The molecule has 0 aromatic heterocycles. The molecule has 0 aliphatic carbocycles. The van der Waals surface area contributed by atoms with E-state index in [0.717, 1.165) is 19.5 Å². The highest BCUT2D eigenvalue weighted by Gasteiger charge is 2.35. The van der Waals surface area contributed by atoms with E-state index < -0.39 is 15.9 Å². The summed E-state index contributed by atoms with van der Waals surface area (Å²) in [6, 6.07) is 5.88. The van der Waals surface area contributed by atoms with Gasteiger partial charge >= 0.3 is 0 Å². The Balaban J connectivity index is 1.65. The third-order valence-corrected chi connectivity index (χ3v) is 5.51. The number of nitrogens with zero attached hydrogens (tertiary/aromatic N) is 1. The first kappa shape index (κ1) is 18.6. The van der Waals surface area contributed by atoms with Crippen LogP contribution in [0.25, 0.3) is 0 Å². The van der Waals surface area contributed by atoms with E-state index in [1.54, 1.807) is 6.07 Å². The van der Waals surface area contributed by atoms with Crippen molar-refractivity contribution in [1.29, 1.82) is 0 Å². The van der Waals surface area contributed by atoms with E-state index in [4.69, 9.17) is 5.14 Å². The van der Waals surface area contributed by atoms with Crippen LogP contribution in [0, 0.1) is 5.92 Å². The van der Waals surface area contributed by atoms with Gasteiger partial charge in [0.05, 0.1) is 10.8 Å². The molecule has 26 heavy (non-hydrogen) atoms. The zero-order chi connectivity index (χ0) is 18.7. The molecule has 0 radical (unpaired) electrons. The lowest BCUT2D eigenvalue weighted by atomic mass is 10.1. The molecule has 1 aromatic carbocycles. The van der Waals surface area contributed by atoms with Crippen molar-refractivity contribution in [2.45, 2.75) is 17.7 Å². The Kier molecular flexibility index (Phi) is 5.40. The minimum Gasteiger partial charge on any atom is -0.352 e. The average molecular weight is 378 g/mol. The first-order valence-electron chi connectivity index (χ1n) is 8.44. The standard InChI is InChI=1S/C17H22N4O4S/c18-26(24,25)15-3-1-2-14(9-15)21-11-13(8-16(21)22)17(23)20-10-12-4-6-19-7-5-12/h1-4,9,13,19H,5-8,10-11H2,(H,20,23)(H2,18,24,25). The lowest BCUT2D eigenvalue weighted by Gasteiger charge is -2.18. The molecule has 3 rings (SSSR count). The smallest absolute Gasteiger partial charge is 0.238 e. The van der Waals surface area contributed by atoms with Crippen LogP contribution in [0.1, 0.15) is 12.8 Å². The lowest BCUT2D eigenvalue weighted by Crippen LogP contribution is -2.35. The number of primary sulfonamides is 1. The lowest BCUT2D eigenvalue weighted by molar-refractivity contribution is -0.126. The number of hydrogen-bond donors (Lipinski definition) is 3. The maximum absolute atomic E-state index is 12.4. The number of carbonyl (C=O) groups is 2. The van der Waals surface area contributed by atoms with Gasteiger partial charge in [-0.15, -0.1) is 0 Å². The number of hydrogen-bond acceptors (Lipinski definition) is 5. The third-order valence-electron chi connectivity index (χ3n) is 4.60. The molecular formula is C17H22N4O4S. The molecular weight excluding hydrogens is 356 g/mol. The van der Waals surface area contributed by atoms with E-state index in [-0.39, 0.29) is 29.7 Å². The van der Waals surface area contributed by atoms with Crippen LogP contribution in [0.4, 0.5) is 5.69 Å². The summed E-state index contributed by atoms with van der Waals surface area (Å²) >= 11 is 0. The van der Waals surface area contributed by atoms with Crippen molar-refractivity contribution in [1.82, 2.24) is 10.6 Å². The maximum atomic E-state index is 12.4. The van der Waals surface area contributed by atoms with Gasteiger partial charge in [-0.25, -0.2) is 13.6 Å². The van der Waals surface area contributed by atoms with Crippen LogP contribution in [0.2, 0.25) is 0 Å². The third kappa shape index (κ3) is 4.29. The Bertz CT molecular complexity index is 850. The number of amides is 2. The largest absolute Gasteiger partial charge is 0.352 e. The van der Waals surface area contributed by atoms with Gasteiger partial charge in [0.2, 0.25) is 21.8 Å². The molecule has 1 unspecified atom stereocenters. The maximum Gasteiger partial charge on any atom is 0.238 e. The molecule has 1 aromatic rings. The van der Waals surface area contributed by atoms with E-state index in [1.807, 2.05) is 0 Å². The van der Waals surface area contributed by atoms with Crippen LogP contribution >= 0.6 is 0 Å². The summed E-state index contributed by atoms with van der Waals surface area (Å²) in [6.45, 7) is 2.42. The normalized spacial score (nSPS) is 20.8. The fraction of sp³-hybridized carbons (Fsp3) is 0.412. The van der Waals surface area contributed by atoms with Gasteiger partial charge < -0.3 is 15.5 Å². The van der Waals surface area contributed by atoms with Gasteiger partial charge in [-0.05, 0) is 31.2 Å². The highest BCUT2D eigenvalue weighted by molar-refractivity contribution is 7.89. The summed E-state index contributed by atoms with van der Waals surface area (Å²) in [5.41, 5.74) is 1.61. The Morgan fingerprint density at radius 1 is 1.38 bits per heavy atom. The van der Waals surface area contributed by atoms with Gasteiger partial charge in [0.1, 0.15) is 0 Å². The minimum atomic E-state index is -3.85. The fourth-order valence-corrected chi connectivity index (χ4v) is 3.69. The van der Waals surface area contributed by atoms with Gasteiger partial charge in [0.15, 0.2) is 0 Å². The first-order valence-corrected chi connectivity index (χ1v) is 9.99. The van der Waals surface area contributed by atoms with Gasteiger partial charge in [0.25, 0.3) is 0 Å². The molecule has 0 spiro atoms. The molecule has 1 fully saturated rings. The highest BCUT2D eigenvalue weighted by Crippen LogP contribution is 2.27. The van der Waals surface area contributed by atoms with Gasteiger partial charge in [-0.3, -0.25) is 9.59 Å². The van der Waals surface area contributed by atoms with Crippen LogP contribution in [0.5, 0.6) is 0 Å². The zero-order valence-corrected chi connectivity index (χ0v) is 15.1. The Morgan fingerprint density at radius 3 is 2.88 bits per heavy atom. The summed E-state index contributed by atoms with van der Waals surface area (Å²) in [6.07, 6.45) is 3.07. The molecule has 0 saturated carbocycles. The van der Waals surface area contributed by atoms with Crippen molar-refractivity contribution < 1.29 is 18.0 Å². The number of anilines is 1. The van der Waals surface area contributed by atoms with Gasteiger partial charge in [0, 0.05) is 31.7 Å². The van der Waals surface area contributed by atoms with E-state index in [9.17, 15) is 18.0 Å². The number of nitrogens with two attached hydrogens (primary N) is 1. The average Bonchev–Trinajstić information content (AvgIpc) is 3.02. The number of sulfonamides is 1. The molecule has 9 heteroatoms. The zero-order valence-electron chi connectivity index (χ0n) is 14.3. The van der Waals surface area contributed by atoms with Crippen LogP contribution < -0.4 is 20.7 Å². The molecule has 1 saturated heterocycles. The van der Waals surface area contributed by atoms with Crippen molar-refractivity contribution in [3.63, 3.8) is 0 Å². The van der Waals surface area contributed by atoms with Crippen molar-refractivity contribution in [2.24, 2.45) is 11.1 Å². The number of nitrogens with one attached hydrogen (secondary N) is 2. The van der Waals surface area contributed by atoms with E-state index in [0.29, 0.717) is 12.2 Å². The van der Waals surface area contributed by atoms with Crippen molar-refractivity contribution in [3.05, 3.63) is 35.9 Å². The summed E-state index contributed by atoms with van der Waals surface area (Å²) in [5, 5.41) is 11.2. The second-order valence-corrected chi connectivity index (χ2v) is 8.04. The molecule has 8 nitrogen and oxygen atoms in total. The van der Waals surface area contributed by atoms with Crippen molar-refractivity contribution >= 4 is 27.5 Å². The van der Waals surface area contributed by atoms with Crippen LogP contribution in [-0.2, 0) is 19.6 Å². The van der Waals surface area contributed by atoms with Crippen molar-refractivity contribution in [2.75, 3.05) is 31.1 Å². The van der Waals surface area contributed by atoms with Crippen LogP contribution in [-0.4, -0.2) is 46.4 Å². The molecule has 0 bridgehead atoms. The minimum absolute atomic E-state index is 0.0615. The second-order valence-electron chi connectivity index (χ2n) is 6.48. The quantitative estimate of drug-likeness (QED) is 0.609. The fourth-order valence-electron chi connectivity index (χ4n) is 3.14. The molecule has 2 aliphatic rings. The molecule has 2 heterocycles. The van der Waals surface area contributed by atoms with Crippen LogP contribution in [0.15, 0.2) is 40.8 Å². The monoisotopic (exact) mass is 378 g/mol.